The molecule has 2 unspecified atom stereocenters. The largest absolute Gasteiger partial charge is 0.350 e. The van der Waals surface area contributed by atoms with Gasteiger partial charge in [-0.15, -0.1) is 0 Å². The van der Waals surface area contributed by atoms with E-state index in [2.05, 4.69) is 48.6 Å². The van der Waals surface area contributed by atoms with Crippen LogP contribution < -0.4 is 11.1 Å². The number of morpholine rings is 1. The molecule has 1 aliphatic rings. The molecule has 1 saturated heterocycles. The van der Waals surface area contributed by atoms with Gasteiger partial charge in [0.2, 0.25) is 0 Å². The number of ether oxygens (including phenoxy) is 1. The Morgan fingerprint density at radius 2 is 2.00 bits per heavy atom. The van der Waals surface area contributed by atoms with Gasteiger partial charge >= 0.3 is 0 Å². The van der Waals surface area contributed by atoms with Crippen LogP contribution >= 0.6 is 0 Å². The van der Waals surface area contributed by atoms with Crippen molar-refractivity contribution in [3.8, 4) is 17.2 Å². The minimum absolute atomic E-state index is 0.295. The molecule has 0 bridgehead atoms. The number of nitrogens with one attached hydrogen (secondary N) is 1. The minimum atomic E-state index is -0.433. The topological polar surface area (TPSA) is 71.1 Å². The maximum absolute atomic E-state index is 8.87. The quantitative estimate of drug-likeness (QED) is 0.914. The van der Waals surface area contributed by atoms with Gasteiger partial charge in [-0.2, -0.15) is 5.26 Å². The minimum Gasteiger partial charge on any atom is -0.350 e. The molecule has 3 rings (SSSR count). The molecule has 0 aliphatic carbocycles. The molecule has 2 aromatic carbocycles. The Hall–Kier alpha value is -2.19. The van der Waals surface area contributed by atoms with Crippen molar-refractivity contribution in [2.45, 2.75) is 25.2 Å². The first kappa shape index (κ1) is 15.7. The molecule has 0 radical (unpaired) electrons. The summed E-state index contributed by atoms with van der Waals surface area (Å²) in [5.74, 6) is 0. The summed E-state index contributed by atoms with van der Waals surface area (Å²) >= 11 is 0. The maximum Gasteiger partial charge on any atom is 0.119 e. The predicted octanol–water partition coefficient (Wildman–Crippen LogP) is 2.54. The molecule has 1 aliphatic heterocycles. The summed E-state index contributed by atoms with van der Waals surface area (Å²) in [6.45, 7) is 3.47. The van der Waals surface area contributed by atoms with E-state index >= 15 is 0 Å². The van der Waals surface area contributed by atoms with Crippen LogP contribution in [0.5, 0.6) is 0 Å². The van der Waals surface area contributed by atoms with Crippen LogP contribution in [-0.4, -0.2) is 19.3 Å². The monoisotopic (exact) mass is 307 g/mol. The normalized spacial score (nSPS) is 24.1. The van der Waals surface area contributed by atoms with Crippen molar-refractivity contribution in [1.29, 1.82) is 5.26 Å². The zero-order valence-corrected chi connectivity index (χ0v) is 13.3. The van der Waals surface area contributed by atoms with Crippen LogP contribution in [0, 0.1) is 11.3 Å². The van der Waals surface area contributed by atoms with Crippen LogP contribution in [0.25, 0.3) is 11.1 Å². The lowest BCUT2D eigenvalue weighted by Crippen LogP contribution is -2.53. The van der Waals surface area contributed by atoms with Crippen LogP contribution in [0.15, 0.2) is 48.5 Å². The molecule has 2 atom stereocenters. The van der Waals surface area contributed by atoms with Crippen molar-refractivity contribution in [2.75, 3.05) is 13.1 Å². The molecule has 0 amide bonds. The summed E-state index contributed by atoms with van der Waals surface area (Å²) in [4.78, 5) is 0. The van der Waals surface area contributed by atoms with Gasteiger partial charge in [-0.1, -0.05) is 42.5 Å². The fraction of sp³-hybridized carbons (Fsp3) is 0.316. The highest BCUT2D eigenvalue weighted by atomic mass is 16.5. The zero-order valence-electron chi connectivity index (χ0n) is 13.3. The van der Waals surface area contributed by atoms with Crippen molar-refractivity contribution in [3.63, 3.8) is 0 Å². The molecule has 2 aromatic rings. The molecule has 4 heteroatoms. The van der Waals surface area contributed by atoms with Gasteiger partial charge in [0.15, 0.2) is 0 Å². The lowest BCUT2D eigenvalue weighted by molar-refractivity contribution is -0.107. The first-order valence-electron chi connectivity index (χ1n) is 7.82. The van der Waals surface area contributed by atoms with E-state index in [-0.39, 0.29) is 6.23 Å². The summed E-state index contributed by atoms with van der Waals surface area (Å²) in [6, 6.07) is 18.6. The Morgan fingerprint density at radius 1 is 1.26 bits per heavy atom. The van der Waals surface area contributed by atoms with Gasteiger partial charge in [0, 0.05) is 13.1 Å². The Balaban J connectivity index is 1.94. The Kier molecular flexibility index (Phi) is 4.44. The number of nitrogens with two attached hydrogens (primary N) is 1. The molecule has 23 heavy (non-hydrogen) atoms. The number of hydrogen-bond donors (Lipinski definition) is 2. The second-order valence-electron chi connectivity index (χ2n) is 6.13. The Morgan fingerprint density at radius 3 is 2.74 bits per heavy atom. The summed E-state index contributed by atoms with van der Waals surface area (Å²) in [5, 5.41) is 12.2. The summed E-state index contributed by atoms with van der Waals surface area (Å²) in [6.07, 6.45) is 0.129. The molecule has 3 N–H and O–H groups in total. The van der Waals surface area contributed by atoms with Crippen molar-refractivity contribution in [3.05, 3.63) is 59.7 Å². The van der Waals surface area contributed by atoms with E-state index in [1.807, 2.05) is 18.2 Å². The van der Waals surface area contributed by atoms with Crippen LogP contribution in [0.2, 0.25) is 0 Å². The molecular formula is C19H21N3O. The zero-order chi connectivity index (χ0) is 16.3. The average molecular weight is 307 g/mol. The number of nitrogens with zero attached hydrogens (tertiary/aromatic N) is 1. The van der Waals surface area contributed by atoms with Gasteiger partial charge in [-0.3, -0.25) is 0 Å². The van der Waals surface area contributed by atoms with Crippen LogP contribution in [-0.2, 0) is 16.8 Å². The second-order valence-corrected chi connectivity index (χ2v) is 6.13. The molecule has 4 nitrogen and oxygen atoms in total. The second kappa shape index (κ2) is 6.51. The van der Waals surface area contributed by atoms with E-state index in [4.69, 9.17) is 15.7 Å². The molecule has 0 aromatic heterocycles. The Bertz CT molecular complexity index is 737. The third-order valence-electron chi connectivity index (χ3n) is 4.24. The molecular weight excluding hydrogens is 286 g/mol. The van der Waals surface area contributed by atoms with E-state index in [0.717, 1.165) is 28.8 Å². The average Bonchev–Trinajstić information content (AvgIpc) is 2.55. The molecule has 118 valence electrons. The van der Waals surface area contributed by atoms with E-state index < -0.39 is 5.60 Å². The molecule has 0 spiro atoms. The van der Waals surface area contributed by atoms with Gasteiger partial charge in [0.05, 0.1) is 12.5 Å². The number of benzene rings is 2. The highest BCUT2D eigenvalue weighted by Crippen LogP contribution is 2.31. The molecule has 1 fully saturated rings. The van der Waals surface area contributed by atoms with Crippen LogP contribution in [0.1, 0.15) is 18.1 Å². The lowest BCUT2D eigenvalue weighted by atomic mass is 9.91. The molecule has 0 saturated carbocycles. The first-order chi connectivity index (χ1) is 11.1. The third-order valence-corrected chi connectivity index (χ3v) is 4.24. The van der Waals surface area contributed by atoms with Crippen LogP contribution in [0.4, 0.5) is 0 Å². The van der Waals surface area contributed by atoms with Crippen molar-refractivity contribution in [2.24, 2.45) is 5.73 Å². The van der Waals surface area contributed by atoms with Crippen molar-refractivity contribution < 1.29 is 4.74 Å². The highest BCUT2D eigenvalue weighted by molar-refractivity contribution is 5.65. The van der Waals surface area contributed by atoms with Crippen molar-refractivity contribution >= 4 is 0 Å². The van der Waals surface area contributed by atoms with E-state index in [0.29, 0.717) is 13.0 Å². The standard InChI is InChI=1S/C19H21N3O/c1-19(13-22-12-18(21)23-19)17-7-3-6-16(11-17)15-5-2-4-14(10-15)8-9-20/h2-7,10-11,18,22H,8,12-13,21H2,1H3. The fourth-order valence-corrected chi connectivity index (χ4v) is 3.02. The fourth-order valence-electron chi connectivity index (χ4n) is 3.02. The SMILES string of the molecule is CC1(c2cccc(-c3cccc(CC#N)c3)c2)CNCC(N)O1. The van der Waals surface area contributed by atoms with E-state index in [1.54, 1.807) is 0 Å². The van der Waals surface area contributed by atoms with Crippen LogP contribution in [0.3, 0.4) is 0 Å². The smallest absolute Gasteiger partial charge is 0.119 e. The van der Waals surface area contributed by atoms with Gasteiger partial charge in [-0.25, -0.2) is 0 Å². The lowest BCUT2D eigenvalue weighted by Gasteiger charge is -2.38. The highest BCUT2D eigenvalue weighted by Gasteiger charge is 2.33. The first-order valence-corrected chi connectivity index (χ1v) is 7.82. The van der Waals surface area contributed by atoms with Gasteiger partial charge in [0.1, 0.15) is 11.8 Å². The summed E-state index contributed by atoms with van der Waals surface area (Å²) in [7, 11) is 0. The van der Waals surface area contributed by atoms with E-state index in [9.17, 15) is 0 Å². The van der Waals surface area contributed by atoms with Gasteiger partial charge in [0.25, 0.3) is 0 Å². The number of nitriles is 1. The maximum atomic E-state index is 8.87. The summed E-state index contributed by atoms with van der Waals surface area (Å²) < 4.78 is 5.99. The molecule has 1 heterocycles. The van der Waals surface area contributed by atoms with Crippen molar-refractivity contribution in [1.82, 2.24) is 5.32 Å². The number of hydrogen-bond acceptors (Lipinski definition) is 4. The number of rotatable bonds is 3. The third kappa shape index (κ3) is 3.43. The Labute approximate surface area is 136 Å². The van der Waals surface area contributed by atoms with Gasteiger partial charge in [-0.05, 0) is 35.2 Å². The summed E-state index contributed by atoms with van der Waals surface area (Å²) in [5.41, 5.74) is 9.85. The predicted molar refractivity (Wildman–Crippen MR) is 90.5 cm³/mol. The van der Waals surface area contributed by atoms with Gasteiger partial charge < -0.3 is 15.8 Å². The van der Waals surface area contributed by atoms with E-state index in [1.165, 1.54) is 0 Å².